The van der Waals surface area contributed by atoms with Crippen LogP contribution in [0.25, 0.3) is 0 Å². The maximum Gasteiger partial charge on any atom is -0.0386 e. The summed E-state index contributed by atoms with van der Waals surface area (Å²) >= 11 is 0. The van der Waals surface area contributed by atoms with Crippen molar-refractivity contribution in [2.45, 2.75) is 72.1 Å². The Morgan fingerprint density at radius 3 is 2.14 bits per heavy atom. The van der Waals surface area contributed by atoms with Crippen LogP contribution >= 0.6 is 0 Å². The van der Waals surface area contributed by atoms with Crippen LogP contribution < -0.4 is 0 Å². The summed E-state index contributed by atoms with van der Waals surface area (Å²) in [4.78, 5) is 0. The maximum absolute atomic E-state index is 2.51. The van der Waals surface area contributed by atoms with Gasteiger partial charge >= 0.3 is 0 Å². The zero-order valence-corrected chi connectivity index (χ0v) is 10.4. The van der Waals surface area contributed by atoms with Gasteiger partial charge in [-0.2, -0.15) is 0 Å². The molecule has 0 saturated heterocycles. The average molecular weight is 196 g/mol. The first-order valence-corrected chi connectivity index (χ1v) is 6.79. The van der Waals surface area contributed by atoms with Crippen LogP contribution in [0.5, 0.6) is 0 Å². The zero-order chi connectivity index (χ0) is 10.4. The highest BCUT2D eigenvalue weighted by Crippen LogP contribution is 2.39. The summed E-state index contributed by atoms with van der Waals surface area (Å²) in [6.07, 6.45) is 11.7. The van der Waals surface area contributed by atoms with Crippen LogP contribution in [-0.4, -0.2) is 0 Å². The summed E-state index contributed by atoms with van der Waals surface area (Å²) in [5.74, 6) is 3.12. The molecule has 1 aliphatic rings. The molecule has 0 aromatic heterocycles. The Labute approximate surface area is 90.5 Å². The molecule has 1 fully saturated rings. The summed E-state index contributed by atoms with van der Waals surface area (Å²) < 4.78 is 0. The van der Waals surface area contributed by atoms with E-state index in [1.54, 1.807) is 0 Å². The molecule has 0 spiro atoms. The van der Waals surface area contributed by atoms with Gasteiger partial charge in [-0.1, -0.05) is 72.1 Å². The van der Waals surface area contributed by atoms with Crippen LogP contribution in [0.4, 0.5) is 0 Å². The minimum absolute atomic E-state index is 1.01. The molecule has 0 bridgehead atoms. The first kappa shape index (κ1) is 12.1. The summed E-state index contributed by atoms with van der Waals surface area (Å²) in [7, 11) is 0. The fourth-order valence-electron chi connectivity index (χ4n) is 3.20. The van der Waals surface area contributed by atoms with E-state index in [9.17, 15) is 0 Å². The fraction of sp³-hybridized carbons (Fsp3) is 1.00. The van der Waals surface area contributed by atoms with Crippen LogP contribution in [0.2, 0.25) is 0 Å². The fourth-order valence-corrected chi connectivity index (χ4v) is 3.20. The third-order valence-electron chi connectivity index (χ3n) is 4.22. The van der Waals surface area contributed by atoms with E-state index in [0.717, 1.165) is 17.8 Å². The van der Waals surface area contributed by atoms with E-state index < -0.39 is 0 Å². The second kappa shape index (κ2) is 6.48. The topological polar surface area (TPSA) is 0 Å². The molecule has 0 aromatic rings. The maximum atomic E-state index is 2.51. The summed E-state index contributed by atoms with van der Waals surface area (Å²) in [6.45, 7) is 7.17. The van der Waals surface area contributed by atoms with Gasteiger partial charge in [0.2, 0.25) is 0 Å². The normalized spacial score (nSPS) is 33.2. The Bertz CT molecular complexity index is 137. The van der Waals surface area contributed by atoms with Crippen LogP contribution in [0.3, 0.4) is 0 Å². The molecular weight excluding hydrogens is 168 g/mol. The van der Waals surface area contributed by atoms with E-state index >= 15 is 0 Å². The molecule has 0 amide bonds. The minimum atomic E-state index is 1.01. The Hall–Kier alpha value is 0. The van der Waals surface area contributed by atoms with Crippen molar-refractivity contribution in [3.63, 3.8) is 0 Å². The highest BCUT2D eigenvalue weighted by molar-refractivity contribution is 4.79. The smallest absolute Gasteiger partial charge is 0.0386 e. The van der Waals surface area contributed by atoms with Gasteiger partial charge in [-0.3, -0.25) is 0 Å². The summed E-state index contributed by atoms with van der Waals surface area (Å²) in [5, 5.41) is 0. The van der Waals surface area contributed by atoms with E-state index in [2.05, 4.69) is 20.8 Å². The molecule has 3 unspecified atom stereocenters. The van der Waals surface area contributed by atoms with Gasteiger partial charge in [0.25, 0.3) is 0 Å². The van der Waals surface area contributed by atoms with Crippen molar-refractivity contribution in [2.75, 3.05) is 0 Å². The molecule has 0 aliphatic heterocycles. The van der Waals surface area contributed by atoms with Gasteiger partial charge < -0.3 is 0 Å². The lowest BCUT2D eigenvalue weighted by molar-refractivity contribution is 0.148. The lowest BCUT2D eigenvalue weighted by atomic mass is 9.70. The molecule has 14 heavy (non-hydrogen) atoms. The largest absolute Gasteiger partial charge is 0.0654 e. The molecular formula is C14H28. The van der Waals surface area contributed by atoms with E-state index in [0.29, 0.717) is 0 Å². The Morgan fingerprint density at radius 2 is 1.57 bits per heavy atom. The van der Waals surface area contributed by atoms with Crippen molar-refractivity contribution >= 4 is 0 Å². The Balaban J connectivity index is 2.35. The highest BCUT2D eigenvalue weighted by Gasteiger charge is 2.28. The second-order valence-corrected chi connectivity index (χ2v) is 5.24. The van der Waals surface area contributed by atoms with Crippen molar-refractivity contribution in [2.24, 2.45) is 17.8 Å². The first-order chi connectivity index (χ1) is 6.79. The van der Waals surface area contributed by atoms with E-state index in [-0.39, 0.29) is 0 Å². The number of unbranched alkanes of at least 4 members (excludes halogenated alkanes) is 1. The first-order valence-electron chi connectivity index (χ1n) is 6.79. The number of hydrogen-bond donors (Lipinski definition) is 0. The van der Waals surface area contributed by atoms with Gasteiger partial charge in [-0.25, -0.2) is 0 Å². The standard InChI is InChI=1S/C14H28/c1-4-6-9-14-11-7-10-13(8-5-2)12(14)3/h12-14H,4-11H2,1-3H3. The van der Waals surface area contributed by atoms with Gasteiger partial charge in [0, 0.05) is 0 Å². The van der Waals surface area contributed by atoms with Gasteiger partial charge in [0.1, 0.15) is 0 Å². The number of rotatable bonds is 5. The van der Waals surface area contributed by atoms with E-state index in [1.165, 1.54) is 51.4 Å². The van der Waals surface area contributed by atoms with Gasteiger partial charge in [0.15, 0.2) is 0 Å². The SMILES string of the molecule is CCCCC1CCCC(CCC)C1C. The quantitative estimate of drug-likeness (QED) is 0.578. The molecule has 0 radical (unpaired) electrons. The minimum Gasteiger partial charge on any atom is -0.0654 e. The van der Waals surface area contributed by atoms with Crippen molar-refractivity contribution < 1.29 is 0 Å². The van der Waals surface area contributed by atoms with Crippen molar-refractivity contribution in [1.82, 2.24) is 0 Å². The average Bonchev–Trinajstić information content (AvgIpc) is 2.20. The van der Waals surface area contributed by atoms with Crippen molar-refractivity contribution in [3.05, 3.63) is 0 Å². The monoisotopic (exact) mass is 196 g/mol. The Morgan fingerprint density at radius 1 is 0.929 bits per heavy atom. The summed E-state index contributed by atoms with van der Waals surface area (Å²) in [6, 6.07) is 0. The third-order valence-corrected chi connectivity index (χ3v) is 4.22. The van der Waals surface area contributed by atoms with Gasteiger partial charge in [-0.15, -0.1) is 0 Å². The van der Waals surface area contributed by atoms with Gasteiger partial charge in [-0.05, 0) is 17.8 Å². The molecule has 3 atom stereocenters. The van der Waals surface area contributed by atoms with Crippen LogP contribution in [0, 0.1) is 17.8 Å². The lowest BCUT2D eigenvalue weighted by Gasteiger charge is -2.36. The van der Waals surface area contributed by atoms with Crippen molar-refractivity contribution in [3.8, 4) is 0 Å². The third kappa shape index (κ3) is 3.29. The highest BCUT2D eigenvalue weighted by atomic mass is 14.3. The van der Waals surface area contributed by atoms with Crippen LogP contribution in [0.15, 0.2) is 0 Å². The van der Waals surface area contributed by atoms with E-state index in [1.807, 2.05) is 0 Å². The lowest BCUT2D eigenvalue weighted by Crippen LogP contribution is -2.25. The molecule has 0 heteroatoms. The molecule has 1 saturated carbocycles. The second-order valence-electron chi connectivity index (χ2n) is 5.24. The Kier molecular flexibility index (Phi) is 5.59. The van der Waals surface area contributed by atoms with Crippen LogP contribution in [0.1, 0.15) is 72.1 Å². The zero-order valence-electron chi connectivity index (χ0n) is 10.4. The predicted octanol–water partition coefficient (Wildman–Crippen LogP) is 5.03. The molecule has 84 valence electrons. The predicted molar refractivity (Wildman–Crippen MR) is 64.4 cm³/mol. The van der Waals surface area contributed by atoms with Crippen LogP contribution in [-0.2, 0) is 0 Å². The molecule has 1 aliphatic carbocycles. The molecule has 0 nitrogen and oxygen atoms in total. The molecule has 1 rings (SSSR count). The van der Waals surface area contributed by atoms with E-state index in [4.69, 9.17) is 0 Å². The van der Waals surface area contributed by atoms with Gasteiger partial charge in [0.05, 0.1) is 0 Å². The number of hydrogen-bond acceptors (Lipinski definition) is 0. The summed E-state index contributed by atoms with van der Waals surface area (Å²) in [5.41, 5.74) is 0. The molecule has 0 aromatic carbocycles. The molecule has 0 N–H and O–H groups in total. The van der Waals surface area contributed by atoms with Crippen molar-refractivity contribution in [1.29, 1.82) is 0 Å². The molecule has 0 heterocycles.